The van der Waals surface area contributed by atoms with Crippen molar-refractivity contribution in [1.82, 2.24) is 4.57 Å². The van der Waals surface area contributed by atoms with Crippen molar-refractivity contribution in [3.63, 3.8) is 0 Å². The average Bonchev–Trinajstić information content (AvgIpc) is 2.78. The summed E-state index contributed by atoms with van der Waals surface area (Å²) in [7, 11) is 0. The fraction of sp³-hybridized carbons (Fsp3) is 0.571. The van der Waals surface area contributed by atoms with Crippen LogP contribution in [0.3, 0.4) is 0 Å². The van der Waals surface area contributed by atoms with E-state index in [1.807, 2.05) is 6.92 Å². The van der Waals surface area contributed by atoms with Gasteiger partial charge in [0.05, 0.1) is 17.7 Å². The molecule has 1 amide bonds. The topological polar surface area (TPSA) is 71.3 Å². The number of anilines is 1. The lowest BCUT2D eigenvalue weighted by atomic mass is 9.98. The number of pyridine rings is 1. The van der Waals surface area contributed by atoms with E-state index >= 15 is 0 Å². The molecule has 1 heterocycles. The van der Waals surface area contributed by atoms with Gasteiger partial charge in [-0.1, -0.05) is 12.8 Å². The average molecular weight is 264 g/mol. The smallest absolute Gasteiger partial charge is 0.250 e. The Labute approximate surface area is 112 Å². The lowest BCUT2D eigenvalue weighted by Gasteiger charge is -2.21. The SMILES string of the molecule is CCn1cc(NC(=O)CC2(O)CCCC2)ccc1=O. The van der Waals surface area contributed by atoms with Crippen molar-refractivity contribution in [3.05, 3.63) is 28.7 Å². The molecule has 0 radical (unpaired) electrons. The predicted octanol–water partition coefficient (Wildman–Crippen LogP) is 1.50. The number of rotatable bonds is 4. The van der Waals surface area contributed by atoms with E-state index in [-0.39, 0.29) is 17.9 Å². The first-order valence-electron chi connectivity index (χ1n) is 6.75. The van der Waals surface area contributed by atoms with Crippen molar-refractivity contribution in [1.29, 1.82) is 0 Å². The van der Waals surface area contributed by atoms with Gasteiger partial charge in [0, 0.05) is 18.8 Å². The van der Waals surface area contributed by atoms with Crippen LogP contribution in [0.25, 0.3) is 0 Å². The van der Waals surface area contributed by atoms with Gasteiger partial charge in [-0.3, -0.25) is 9.59 Å². The maximum atomic E-state index is 11.9. The van der Waals surface area contributed by atoms with Gasteiger partial charge in [-0.2, -0.15) is 0 Å². The van der Waals surface area contributed by atoms with Crippen molar-refractivity contribution >= 4 is 11.6 Å². The van der Waals surface area contributed by atoms with Gasteiger partial charge in [0.2, 0.25) is 5.91 Å². The van der Waals surface area contributed by atoms with Crippen LogP contribution in [0.2, 0.25) is 0 Å². The standard InChI is InChI=1S/C14H20N2O3/c1-2-16-10-11(5-6-13(16)18)15-12(17)9-14(19)7-3-4-8-14/h5-6,10,19H,2-4,7-9H2,1H3,(H,15,17). The molecule has 0 aromatic carbocycles. The first-order valence-corrected chi connectivity index (χ1v) is 6.75. The van der Waals surface area contributed by atoms with E-state index in [0.717, 1.165) is 12.8 Å². The highest BCUT2D eigenvalue weighted by Crippen LogP contribution is 2.32. The molecule has 19 heavy (non-hydrogen) atoms. The molecule has 1 aromatic rings. The summed E-state index contributed by atoms with van der Waals surface area (Å²) >= 11 is 0. The summed E-state index contributed by atoms with van der Waals surface area (Å²) < 4.78 is 1.53. The third-order valence-corrected chi connectivity index (χ3v) is 3.63. The molecular formula is C14H20N2O3. The fourth-order valence-electron chi connectivity index (χ4n) is 2.57. The third-order valence-electron chi connectivity index (χ3n) is 3.63. The van der Waals surface area contributed by atoms with Gasteiger partial charge in [-0.25, -0.2) is 0 Å². The molecule has 0 spiro atoms. The monoisotopic (exact) mass is 264 g/mol. The molecular weight excluding hydrogens is 244 g/mol. The maximum absolute atomic E-state index is 11.9. The minimum atomic E-state index is -0.844. The Balaban J connectivity index is 2.00. The number of hydrogen-bond donors (Lipinski definition) is 2. The number of aromatic nitrogens is 1. The molecule has 1 fully saturated rings. The lowest BCUT2D eigenvalue weighted by Crippen LogP contribution is -2.31. The summed E-state index contributed by atoms with van der Waals surface area (Å²) in [4.78, 5) is 23.3. The Kier molecular flexibility index (Phi) is 4.04. The molecule has 1 saturated carbocycles. The van der Waals surface area contributed by atoms with Crippen LogP contribution in [0.1, 0.15) is 39.0 Å². The number of aryl methyl sites for hydroxylation is 1. The molecule has 1 aliphatic rings. The number of carbonyl (C=O) groups is 1. The van der Waals surface area contributed by atoms with Gasteiger partial charge in [0.15, 0.2) is 0 Å². The highest BCUT2D eigenvalue weighted by atomic mass is 16.3. The van der Waals surface area contributed by atoms with Crippen LogP contribution in [0, 0.1) is 0 Å². The molecule has 2 rings (SSSR count). The normalized spacial score (nSPS) is 17.4. The second-order valence-electron chi connectivity index (χ2n) is 5.20. The second-order valence-corrected chi connectivity index (χ2v) is 5.20. The Bertz CT molecular complexity index is 516. The summed E-state index contributed by atoms with van der Waals surface area (Å²) in [6.45, 7) is 2.43. The van der Waals surface area contributed by atoms with Crippen LogP contribution in [0.5, 0.6) is 0 Å². The molecule has 5 heteroatoms. The summed E-state index contributed by atoms with van der Waals surface area (Å²) in [6.07, 6.45) is 5.08. The molecule has 0 unspecified atom stereocenters. The Hall–Kier alpha value is -1.62. The van der Waals surface area contributed by atoms with Crippen LogP contribution in [-0.4, -0.2) is 21.2 Å². The van der Waals surface area contributed by atoms with E-state index in [2.05, 4.69) is 5.32 Å². The van der Waals surface area contributed by atoms with Gasteiger partial charge >= 0.3 is 0 Å². The van der Waals surface area contributed by atoms with Crippen LogP contribution in [-0.2, 0) is 11.3 Å². The molecule has 2 N–H and O–H groups in total. The molecule has 1 aliphatic carbocycles. The van der Waals surface area contributed by atoms with Crippen molar-refractivity contribution in [2.24, 2.45) is 0 Å². The highest BCUT2D eigenvalue weighted by molar-refractivity contribution is 5.91. The Morgan fingerprint density at radius 2 is 2.11 bits per heavy atom. The zero-order chi connectivity index (χ0) is 13.9. The van der Waals surface area contributed by atoms with Crippen molar-refractivity contribution in [3.8, 4) is 0 Å². The number of hydrogen-bond acceptors (Lipinski definition) is 3. The lowest BCUT2D eigenvalue weighted by molar-refractivity contribution is -0.120. The summed E-state index contributed by atoms with van der Waals surface area (Å²) in [5.41, 5.74) is -0.341. The molecule has 0 bridgehead atoms. The minimum Gasteiger partial charge on any atom is -0.389 e. The van der Waals surface area contributed by atoms with Gasteiger partial charge in [0.1, 0.15) is 0 Å². The highest BCUT2D eigenvalue weighted by Gasteiger charge is 2.33. The number of nitrogens with one attached hydrogen (secondary N) is 1. The molecule has 0 saturated heterocycles. The molecule has 5 nitrogen and oxygen atoms in total. The number of aliphatic hydroxyl groups is 1. The molecule has 0 atom stereocenters. The second kappa shape index (κ2) is 5.57. The van der Waals surface area contributed by atoms with Gasteiger partial charge < -0.3 is 15.0 Å². The minimum absolute atomic E-state index is 0.0880. The number of nitrogens with zero attached hydrogens (tertiary/aromatic N) is 1. The largest absolute Gasteiger partial charge is 0.389 e. The summed E-state index contributed by atoms with van der Waals surface area (Å²) in [5.74, 6) is -0.203. The molecule has 1 aromatic heterocycles. The zero-order valence-electron chi connectivity index (χ0n) is 11.2. The van der Waals surface area contributed by atoms with Crippen molar-refractivity contribution in [2.45, 2.75) is 51.2 Å². The predicted molar refractivity (Wildman–Crippen MR) is 73.0 cm³/mol. The van der Waals surface area contributed by atoms with E-state index < -0.39 is 5.60 Å². The maximum Gasteiger partial charge on any atom is 0.250 e. The van der Waals surface area contributed by atoms with E-state index in [4.69, 9.17) is 0 Å². The summed E-state index contributed by atoms with van der Waals surface area (Å²) in [6, 6.07) is 3.02. The van der Waals surface area contributed by atoms with Crippen LogP contribution < -0.4 is 10.9 Å². The molecule has 0 aliphatic heterocycles. The fourth-order valence-corrected chi connectivity index (χ4v) is 2.57. The van der Waals surface area contributed by atoms with Gasteiger partial charge in [-0.05, 0) is 25.8 Å². The van der Waals surface area contributed by atoms with Gasteiger partial charge in [-0.15, -0.1) is 0 Å². The van der Waals surface area contributed by atoms with Crippen LogP contribution in [0.4, 0.5) is 5.69 Å². The molecule has 104 valence electrons. The van der Waals surface area contributed by atoms with E-state index in [1.54, 1.807) is 12.3 Å². The van der Waals surface area contributed by atoms with E-state index in [9.17, 15) is 14.7 Å². The van der Waals surface area contributed by atoms with Crippen LogP contribution in [0.15, 0.2) is 23.1 Å². The van der Waals surface area contributed by atoms with Crippen LogP contribution >= 0.6 is 0 Å². The quantitative estimate of drug-likeness (QED) is 0.865. The number of amides is 1. The van der Waals surface area contributed by atoms with E-state index in [0.29, 0.717) is 25.1 Å². The Morgan fingerprint density at radius 3 is 2.74 bits per heavy atom. The Morgan fingerprint density at radius 1 is 1.42 bits per heavy atom. The zero-order valence-corrected chi connectivity index (χ0v) is 11.2. The number of carbonyl (C=O) groups excluding carboxylic acids is 1. The van der Waals surface area contributed by atoms with Crippen molar-refractivity contribution < 1.29 is 9.90 Å². The third kappa shape index (κ3) is 3.44. The first kappa shape index (κ1) is 13.8. The van der Waals surface area contributed by atoms with E-state index in [1.165, 1.54) is 10.6 Å². The van der Waals surface area contributed by atoms with Crippen molar-refractivity contribution in [2.75, 3.05) is 5.32 Å². The summed E-state index contributed by atoms with van der Waals surface area (Å²) in [5, 5.41) is 12.9. The van der Waals surface area contributed by atoms with Gasteiger partial charge in [0.25, 0.3) is 5.56 Å². The first-order chi connectivity index (χ1) is 9.02.